The maximum atomic E-state index is 11.7. The van der Waals surface area contributed by atoms with Crippen molar-refractivity contribution in [3.8, 4) is 0 Å². The summed E-state index contributed by atoms with van der Waals surface area (Å²) in [6.45, 7) is 3.86. The highest BCUT2D eigenvalue weighted by molar-refractivity contribution is 5.66. The molecule has 2 atom stereocenters. The Morgan fingerprint density at radius 3 is 2.59 bits per heavy atom. The van der Waals surface area contributed by atoms with Gasteiger partial charge in [-0.05, 0) is 82.8 Å². The van der Waals surface area contributed by atoms with E-state index in [9.17, 15) is 4.79 Å². The van der Waals surface area contributed by atoms with Gasteiger partial charge in [0.25, 0.3) is 0 Å². The Hall–Kier alpha value is -1.43. The molecular formula is C21H31N3O3. The first-order valence-electron chi connectivity index (χ1n) is 10.6. The Morgan fingerprint density at radius 1 is 1.22 bits per heavy atom. The molecule has 4 bridgehead atoms. The minimum atomic E-state index is -0.293. The van der Waals surface area contributed by atoms with E-state index >= 15 is 0 Å². The molecule has 5 aliphatic rings. The Labute approximate surface area is 161 Å². The van der Waals surface area contributed by atoms with Crippen molar-refractivity contribution in [2.75, 3.05) is 20.1 Å². The van der Waals surface area contributed by atoms with Crippen molar-refractivity contribution in [2.45, 2.75) is 75.7 Å². The average Bonchev–Trinajstić information content (AvgIpc) is 3.04. The minimum Gasteiger partial charge on any atom is -0.459 e. The van der Waals surface area contributed by atoms with Gasteiger partial charge in [0.05, 0.1) is 5.41 Å². The first-order valence-corrected chi connectivity index (χ1v) is 10.6. The van der Waals surface area contributed by atoms with E-state index in [1.807, 2.05) is 0 Å². The SMILES string of the molecule is CC(=O)OC12C[C@H]3C[C@H](C1)CC(c1nc(CC4CCN(C)CC4)no1)(C3)C2. The zero-order valence-electron chi connectivity index (χ0n) is 16.6. The van der Waals surface area contributed by atoms with Gasteiger partial charge in [0, 0.05) is 19.8 Å². The fourth-order valence-electron chi connectivity index (χ4n) is 6.93. The van der Waals surface area contributed by atoms with Crippen LogP contribution in [0.25, 0.3) is 0 Å². The molecule has 6 nitrogen and oxygen atoms in total. The van der Waals surface area contributed by atoms with Gasteiger partial charge in [-0.1, -0.05) is 5.16 Å². The third-order valence-electron chi connectivity index (χ3n) is 7.60. The number of ether oxygens (including phenoxy) is 1. The van der Waals surface area contributed by atoms with Crippen molar-refractivity contribution in [2.24, 2.45) is 17.8 Å². The lowest BCUT2D eigenvalue weighted by molar-refractivity contribution is -0.190. The molecule has 0 N–H and O–H groups in total. The molecule has 27 heavy (non-hydrogen) atoms. The molecule has 1 aromatic rings. The maximum Gasteiger partial charge on any atom is 0.303 e. The summed E-state index contributed by atoms with van der Waals surface area (Å²) in [5.41, 5.74) is -0.365. The molecule has 1 aromatic heterocycles. The van der Waals surface area contributed by atoms with E-state index < -0.39 is 0 Å². The summed E-state index contributed by atoms with van der Waals surface area (Å²) >= 11 is 0. The van der Waals surface area contributed by atoms with Crippen LogP contribution in [0.4, 0.5) is 0 Å². The normalized spacial score (nSPS) is 39.0. The van der Waals surface area contributed by atoms with Gasteiger partial charge in [-0.2, -0.15) is 4.98 Å². The molecule has 0 spiro atoms. The Kier molecular flexibility index (Phi) is 4.12. The smallest absolute Gasteiger partial charge is 0.303 e. The van der Waals surface area contributed by atoms with Crippen molar-refractivity contribution in [3.63, 3.8) is 0 Å². The first kappa shape index (κ1) is 17.7. The van der Waals surface area contributed by atoms with Gasteiger partial charge in [-0.15, -0.1) is 0 Å². The summed E-state index contributed by atoms with van der Waals surface area (Å²) < 4.78 is 11.8. The van der Waals surface area contributed by atoms with E-state index in [-0.39, 0.29) is 17.0 Å². The van der Waals surface area contributed by atoms with Crippen LogP contribution in [0.1, 0.15) is 70.0 Å². The lowest BCUT2D eigenvalue weighted by Crippen LogP contribution is -2.59. The summed E-state index contributed by atoms with van der Waals surface area (Å²) in [5.74, 6) is 3.44. The number of hydrogen-bond acceptors (Lipinski definition) is 6. The quantitative estimate of drug-likeness (QED) is 0.756. The van der Waals surface area contributed by atoms with Crippen molar-refractivity contribution in [1.29, 1.82) is 0 Å². The van der Waals surface area contributed by atoms with E-state index in [1.54, 1.807) is 0 Å². The molecule has 6 rings (SSSR count). The van der Waals surface area contributed by atoms with Crippen LogP contribution in [0, 0.1) is 17.8 Å². The van der Waals surface area contributed by atoms with E-state index in [0.717, 1.165) is 63.3 Å². The third-order valence-corrected chi connectivity index (χ3v) is 7.60. The van der Waals surface area contributed by atoms with Crippen molar-refractivity contribution < 1.29 is 14.1 Å². The Balaban J connectivity index is 1.35. The van der Waals surface area contributed by atoms with Gasteiger partial charge in [-0.25, -0.2) is 0 Å². The molecule has 4 aliphatic carbocycles. The van der Waals surface area contributed by atoms with Crippen LogP contribution in [-0.4, -0.2) is 46.7 Å². The molecule has 5 fully saturated rings. The number of carbonyl (C=O) groups excluding carboxylic acids is 1. The van der Waals surface area contributed by atoms with E-state index in [4.69, 9.17) is 14.2 Å². The highest BCUT2D eigenvalue weighted by Gasteiger charge is 2.62. The molecule has 0 amide bonds. The number of carbonyl (C=O) groups is 1. The van der Waals surface area contributed by atoms with Gasteiger partial charge >= 0.3 is 5.97 Å². The molecule has 148 valence electrons. The summed E-state index contributed by atoms with van der Waals surface area (Å²) in [7, 11) is 2.19. The van der Waals surface area contributed by atoms with Crippen LogP contribution in [0.3, 0.4) is 0 Å². The molecule has 1 saturated heterocycles. The summed E-state index contributed by atoms with van der Waals surface area (Å²) in [6, 6.07) is 0. The number of esters is 1. The second-order valence-corrected chi connectivity index (χ2v) is 9.98. The Morgan fingerprint density at radius 2 is 1.93 bits per heavy atom. The standard InChI is InChI=1S/C21H31N3O3/c1-14(25)26-21-11-16-7-17(12-21)10-20(9-16,13-21)19-22-18(23-27-19)8-15-3-5-24(2)6-4-15/h15-17H,3-13H2,1-2H3/t16-,17-,20?,21?/m0/s1. The van der Waals surface area contributed by atoms with Gasteiger partial charge < -0.3 is 14.2 Å². The number of rotatable bonds is 4. The fraction of sp³-hybridized carbons (Fsp3) is 0.857. The summed E-state index contributed by atoms with van der Waals surface area (Å²) in [4.78, 5) is 19.0. The van der Waals surface area contributed by atoms with Gasteiger partial charge in [0.2, 0.25) is 5.89 Å². The van der Waals surface area contributed by atoms with Gasteiger partial charge in [0.15, 0.2) is 5.82 Å². The number of aromatic nitrogens is 2. The fourth-order valence-corrected chi connectivity index (χ4v) is 6.93. The molecule has 2 heterocycles. The van der Waals surface area contributed by atoms with Gasteiger partial charge in [-0.3, -0.25) is 4.79 Å². The largest absolute Gasteiger partial charge is 0.459 e. The second kappa shape index (κ2) is 6.29. The maximum absolute atomic E-state index is 11.7. The van der Waals surface area contributed by atoms with E-state index in [2.05, 4.69) is 17.1 Å². The number of hydrogen-bond donors (Lipinski definition) is 0. The minimum absolute atomic E-state index is 0.0719. The van der Waals surface area contributed by atoms with E-state index in [0.29, 0.717) is 17.8 Å². The topological polar surface area (TPSA) is 68.5 Å². The highest BCUT2D eigenvalue weighted by Crippen LogP contribution is 2.63. The number of piperidine rings is 1. The zero-order chi connectivity index (χ0) is 18.6. The molecular weight excluding hydrogens is 342 g/mol. The molecule has 4 saturated carbocycles. The van der Waals surface area contributed by atoms with Crippen LogP contribution in [0.5, 0.6) is 0 Å². The molecule has 6 heteroatoms. The molecule has 1 aliphatic heterocycles. The third kappa shape index (κ3) is 3.20. The lowest BCUT2D eigenvalue weighted by atomic mass is 9.48. The zero-order valence-corrected chi connectivity index (χ0v) is 16.6. The van der Waals surface area contributed by atoms with Crippen LogP contribution in [0.15, 0.2) is 4.52 Å². The number of nitrogens with zero attached hydrogens (tertiary/aromatic N) is 3. The first-order chi connectivity index (χ1) is 12.9. The van der Waals surface area contributed by atoms with Crippen molar-refractivity contribution >= 4 is 5.97 Å². The second-order valence-electron chi connectivity index (χ2n) is 9.98. The van der Waals surface area contributed by atoms with Crippen molar-refractivity contribution in [3.05, 3.63) is 11.7 Å². The number of likely N-dealkylation sites (tertiary alicyclic amines) is 1. The average molecular weight is 373 g/mol. The summed E-state index contributed by atoms with van der Waals surface area (Å²) in [6.07, 6.45) is 9.74. The predicted octanol–water partition coefficient (Wildman–Crippen LogP) is 3.11. The van der Waals surface area contributed by atoms with Crippen LogP contribution < -0.4 is 0 Å². The van der Waals surface area contributed by atoms with Crippen LogP contribution in [-0.2, 0) is 21.4 Å². The predicted molar refractivity (Wildman–Crippen MR) is 99.1 cm³/mol. The Bertz CT molecular complexity index is 708. The van der Waals surface area contributed by atoms with Crippen LogP contribution >= 0.6 is 0 Å². The molecule has 0 aromatic carbocycles. The summed E-state index contributed by atoms with van der Waals surface area (Å²) in [5, 5.41) is 4.36. The van der Waals surface area contributed by atoms with Crippen molar-refractivity contribution in [1.82, 2.24) is 15.0 Å². The lowest BCUT2D eigenvalue weighted by Gasteiger charge is -2.59. The monoisotopic (exact) mass is 373 g/mol. The highest BCUT2D eigenvalue weighted by atomic mass is 16.6. The molecule has 0 radical (unpaired) electrons. The van der Waals surface area contributed by atoms with Gasteiger partial charge in [0.1, 0.15) is 5.60 Å². The van der Waals surface area contributed by atoms with Crippen LogP contribution in [0.2, 0.25) is 0 Å². The van der Waals surface area contributed by atoms with E-state index in [1.165, 1.54) is 26.2 Å². The molecule has 0 unspecified atom stereocenters.